The molecule has 3 heteroatoms. The smallest absolute Gasteiger partial charge is 0.311 e. The number of carbonyl (C=O) groups is 2. The maximum atomic E-state index is 12.7. The predicted octanol–water partition coefficient (Wildman–Crippen LogP) is 4.92. The summed E-state index contributed by atoms with van der Waals surface area (Å²) in [4.78, 5) is 25.3. The van der Waals surface area contributed by atoms with Gasteiger partial charge in [0.2, 0.25) is 0 Å². The zero-order valence-corrected chi connectivity index (χ0v) is 16.5. The summed E-state index contributed by atoms with van der Waals surface area (Å²) < 4.78 is 5.24. The van der Waals surface area contributed by atoms with E-state index in [0.29, 0.717) is 17.6 Å². The third kappa shape index (κ3) is 2.29. The first-order valence-corrected chi connectivity index (χ1v) is 10.3. The lowest BCUT2D eigenvalue weighted by atomic mass is 9.37. The Hall–Kier alpha value is -0.860. The molecular weight excluding hydrogens is 312 g/mol. The van der Waals surface area contributed by atoms with E-state index in [2.05, 4.69) is 20.8 Å². The molecule has 4 rings (SSSR count). The van der Waals surface area contributed by atoms with Crippen molar-refractivity contribution in [3.05, 3.63) is 0 Å². The van der Waals surface area contributed by atoms with Crippen molar-refractivity contribution in [2.45, 2.75) is 85.0 Å². The number of fused-ring (bicyclic) bond motifs is 3. The van der Waals surface area contributed by atoms with Gasteiger partial charge in [-0.3, -0.25) is 9.59 Å². The van der Waals surface area contributed by atoms with E-state index in [-0.39, 0.29) is 27.6 Å². The minimum atomic E-state index is -0.344. The standard InChI is InChI=1S/C22H34O3/c1-19-10-6-17-20(2)8-5-9-21(3,18(24)25-4)16(20)7-11-22(17,14-19)13-15(23)12-19/h16-17H,5-14H2,1-4H3/t16-,17-,19+,20+,21+,22-/m0/s1. The van der Waals surface area contributed by atoms with Gasteiger partial charge in [0.1, 0.15) is 5.78 Å². The van der Waals surface area contributed by atoms with Gasteiger partial charge in [0.05, 0.1) is 12.5 Å². The van der Waals surface area contributed by atoms with Crippen LogP contribution in [0.2, 0.25) is 0 Å². The Morgan fingerprint density at radius 3 is 2.44 bits per heavy atom. The monoisotopic (exact) mass is 346 g/mol. The maximum absolute atomic E-state index is 12.7. The topological polar surface area (TPSA) is 43.4 Å². The van der Waals surface area contributed by atoms with Gasteiger partial charge in [-0.2, -0.15) is 0 Å². The van der Waals surface area contributed by atoms with E-state index in [4.69, 9.17) is 4.74 Å². The zero-order chi connectivity index (χ0) is 18.1. The number of carbonyl (C=O) groups excluding carboxylic acids is 2. The van der Waals surface area contributed by atoms with Gasteiger partial charge < -0.3 is 4.74 Å². The summed E-state index contributed by atoms with van der Waals surface area (Å²) >= 11 is 0. The molecular formula is C22H34O3. The second-order valence-corrected chi connectivity index (χ2v) is 10.7. The van der Waals surface area contributed by atoms with Crippen molar-refractivity contribution >= 4 is 11.8 Å². The number of rotatable bonds is 1. The molecule has 0 aromatic rings. The fraction of sp³-hybridized carbons (Fsp3) is 0.909. The first-order chi connectivity index (χ1) is 11.7. The SMILES string of the molecule is COC(=O)[C@]1(C)CCC[C@@]2(C)[C@@H]3CC[C@]4(C)CC(=O)C[C@@]3(CC[C@@H]21)C4. The summed E-state index contributed by atoms with van der Waals surface area (Å²) in [5.41, 5.74) is 0.276. The van der Waals surface area contributed by atoms with E-state index >= 15 is 0 Å². The molecule has 0 N–H and O–H groups in total. The number of hydrogen-bond acceptors (Lipinski definition) is 3. The largest absolute Gasteiger partial charge is 0.469 e. The first kappa shape index (κ1) is 17.5. The molecule has 25 heavy (non-hydrogen) atoms. The van der Waals surface area contributed by atoms with E-state index in [0.717, 1.165) is 38.5 Å². The van der Waals surface area contributed by atoms with Gasteiger partial charge >= 0.3 is 5.97 Å². The molecule has 4 aliphatic rings. The van der Waals surface area contributed by atoms with Crippen LogP contribution >= 0.6 is 0 Å². The summed E-state index contributed by atoms with van der Waals surface area (Å²) in [5, 5.41) is 0. The molecule has 0 aromatic heterocycles. The Balaban J connectivity index is 1.74. The lowest BCUT2D eigenvalue weighted by Gasteiger charge is -2.67. The predicted molar refractivity (Wildman–Crippen MR) is 96.9 cm³/mol. The molecule has 0 aliphatic heterocycles. The minimum Gasteiger partial charge on any atom is -0.469 e. The number of methoxy groups -OCH3 is 1. The van der Waals surface area contributed by atoms with Gasteiger partial charge in [-0.15, -0.1) is 0 Å². The molecule has 2 bridgehead atoms. The highest BCUT2D eigenvalue weighted by Crippen LogP contribution is 2.71. The Bertz CT molecular complexity index is 612. The average molecular weight is 347 g/mol. The van der Waals surface area contributed by atoms with Crippen molar-refractivity contribution in [3.8, 4) is 0 Å². The van der Waals surface area contributed by atoms with E-state index in [1.165, 1.54) is 32.8 Å². The summed E-state index contributed by atoms with van der Waals surface area (Å²) in [6.45, 7) is 6.94. The Morgan fingerprint density at radius 2 is 1.72 bits per heavy atom. The van der Waals surface area contributed by atoms with Crippen molar-refractivity contribution in [2.75, 3.05) is 7.11 Å². The van der Waals surface area contributed by atoms with Crippen LogP contribution in [0.5, 0.6) is 0 Å². The molecule has 0 heterocycles. The van der Waals surface area contributed by atoms with E-state index in [9.17, 15) is 9.59 Å². The molecule has 4 aliphatic carbocycles. The van der Waals surface area contributed by atoms with Crippen LogP contribution in [0.25, 0.3) is 0 Å². The van der Waals surface area contributed by atoms with Crippen molar-refractivity contribution in [2.24, 2.45) is 33.5 Å². The number of ether oxygens (including phenoxy) is 1. The summed E-state index contributed by atoms with van der Waals surface area (Å²) in [7, 11) is 1.54. The van der Waals surface area contributed by atoms with E-state index < -0.39 is 0 Å². The highest BCUT2D eigenvalue weighted by atomic mass is 16.5. The molecule has 0 unspecified atom stereocenters. The second kappa shape index (κ2) is 5.33. The van der Waals surface area contributed by atoms with Gasteiger partial charge in [0.25, 0.3) is 0 Å². The summed E-state index contributed by atoms with van der Waals surface area (Å²) in [5.74, 6) is 1.48. The molecule has 0 aromatic carbocycles. The molecule has 0 saturated heterocycles. The van der Waals surface area contributed by atoms with Crippen LogP contribution in [0.3, 0.4) is 0 Å². The van der Waals surface area contributed by atoms with Crippen LogP contribution in [0.15, 0.2) is 0 Å². The molecule has 4 saturated carbocycles. The fourth-order valence-corrected chi connectivity index (χ4v) is 8.40. The Morgan fingerprint density at radius 1 is 1.00 bits per heavy atom. The van der Waals surface area contributed by atoms with Crippen LogP contribution < -0.4 is 0 Å². The molecule has 6 atom stereocenters. The molecule has 1 spiro atoms. The number of hydrogen-bond donors (Lipinski definition) is 0. The van der Waals surface area contributed by atoms with Crippen molar-refractivity contribution < 1.29 is 14.3 Å². The van der Waals surface area contributed by atoms with Crippen molar-refractivity contribution in [1.29, 1.82) is 0 Å². The number of ketones is 1. The maximum Gasteiger partial charge on any atom is 0.311 e. The lowest BCUT2D eigenvalue weighted by molar-refractivity contribution is -0.200. The molecule has 140 valence electrons. The molecule has 3 nitrogen and oxygen atoms in total. The highest BCUT2D eigenvalue weighted by molar-refractivity contribution is 5.81. The normalized spacial score (nSPS) is 52.1. The Labute approximate surface area is 152 Å². The number of Topliss-reactive ketones (excluding diaryl/α,β-unsaturated/α-hetero) is 1. The molecule has 0 amide bonds. The zero-order valence-electron chi connectivity index (χ0n) is 16.5. The molecule has 4 fully saturated rings. The van der Waals surface area contributed by atoms with Crippen LogP contribution in [0.1, 0.15) is 85.0 Å². The van der Waals surface area contributed by atoms with Gasteiger partial charge in [0, 0.05) is 12.8 Å². The third-order valence-corrected chi connectivity index (χ3v) is 9.08. The average Bonchev–Trinajstić information content (AvgIpc) is 2.51. The van der Waals surface area contributed by atoms with Crippen molar-refractivity contribution in [3.63, 3.8) is 0 Å². The van der Waals surface area contributed by atoms with Crippen LogP contribution in [0, 0.1) is 33.5 Å². The lowest BCUT2D eigenvalue weighted by Crippen LogP contribution is -2.62. The van der Waals surface area contributed by atoms with E-state index in [1.807, 2.05) is 0 Å². The summed E-state index contributed by atoms with van der Waals surface area (Å²) in [6, 6.07) is 0. The second-order valence-electron chi connectivity index (χ2n) is 10.7. The molecule has 0 radical (unpaired) electrons. The van der Waals surface area contributed by atoms with Gasteiger partial charge in [-0.25, -0.2) is 0 Å². The Kier molecular flexibility index (Phi) is 3.74. The van der Waals surface area contributed by atoms with Gasteiger partial charge in [-0.05, 0) is 80.0 Å². The van der Waals surface area contributed by atoms with Gasteiger partial charge in [-0.1, -0.05) is 20.3 Å². The first-order valence-electron chi connectivity index (χ1n) is 10.3. The minimum absolute atomic E-state index is 0.0141. The quantitative estimate of drug-likeness (QED) is 0.633. The van der Waals surface area contributed by atoms with Crippen LogP contribution in [0.4, 0.5) is 0 Å². The van der Waals surface area contributed by atoms with E-state index in [1.54, 1.807) is 0 Å². The van der Waals surface area contributed by atoms with Crippen LogP contribution in [-0.4, -0.2) is 18.9 Å². The highest BCUT2D eigenvalue weighted by Gasteiger charge is 2.66. The summed E-state index contributed by atoms with van der Waals surface area (Å²) in [6.07, 6.45) is 10.7. The fourth-order valence-electron chi connectivity index (χ4n) is 8.40. The van der Waals surface area contributed by atoms with Crippen molar-refractivity contribution in [1.82, 2.24) is 0 Å². The van der Waals surface area contributed by atoms with Crippen LogP contribution in [-0.2, 0) is 14.3 Å². The number of esters is 1. The third-order valence-electron chi connectivity index (χ3n) is 9.08. The van der Waals surface area contributed by atoms with Gasteiger partial charge in [0.15, 0.2) is 0 Å².